The van der Waals surface area contributed by atoms with Crippen LogP contribution >= 0.6 is 0 Å². The molecule has 0 saturated carbocycles. The average molecular weight is 430 g/mol. The van der Waals surface area contributed by atoms with E-state index in [-0.39, 0.29) is 6.61 Å². The number of hydrogen-bond acceptors (Lipinski definition) is 6. The molecule has 0 bridgehead atoms. The average Bonchev–Trinajstić information content (AvgIpc) is 2.84. The van der Waals surface area contributed by atoms with Crippen molar-refractivity contribution in [2.24, 2.45) is 0 Å². The molecule has 8 nitrogen and oxygen atoms in total. The Morgan fingerprint density at radius 3 is 2.72 bits per heavy atom. The Morgan fingerprint density at radius 1 is 1.09 bits per heavy atom. The lowest BCUT2D eigenvalue weighted by Crippen LogP contribution is -2.45. The molecule has 0 unspecified atom stereocenters. The quantitative estimate of drug-likeness (QED) is 0.476. The summed E-state index contributed by atoms with van der Waals surface area (Å²) in [7, 11) is 0. The third kappa shape index (κ3) is 4.87. The van der Waals surface area contributed by atoms with E-state index in [0.29, 0.717) is 30.8 Å². The van der Waals surface area contributed by atoms with E-state index in [4.69, 9.17) is 4.74 Å². The first-order valence-corrected chi connectivity index (χ1v) is 10.3. The first-order valence-electron chi connectivity index (χ1n) is 10.3. The predicted molar refractivity (Wildman–Crippen MR) is 118 cm³/mol. The van der Waals surface area contributed by atoms with Crippen LogP contribution in [0, 0.1) is 0 Å². The summed E-state index contributed by atoms with van der Waals surface area (Å²) in [5, 5.41) is 2.44. The standard InChI is InChI=1S/C24H22N4O4/c29-9-10-32-16-17-11-20(14-25-13-17)21-12-19-7-4-8-28(22(19)26-15-21)24(31)27-23(30)18-5-2-1-3-6-18/h1-3,5-6,9,11-15H,4,7-8,10,16H2,(H,27,30,31). The number of benzene rings is 1. The maximum absolute atomic E-state index is 12.8. The number of fused-ring (bicyclic) bond motifs is 1. The lowest BCUT2D eigenvalue weighted by Gasteiger charge is -2.28. The molecule has 0 spiro atoms. The van der Waals surface area contributed by atoms with Gasteiger partial charge in [-0.3, -0.25) is 20.0 Å². The van der Waals surface area contributed by atoms with Crippen molar-refractivity contribution < 1.29 is 19.1 Å². The van der Waals surface area contributed by atoms with Gasteiger partial charge in [0, 0.05) is 41.8 Å². The zero-order valence-corrected chi connectivity index (χ0v) is 17.4. The van der Waals surface area contributed by atoms with Gasteiger partial charge in [-0.1, -0.05) is 18.2 Å². The number of hydrogen-bond donors (Lipinski definition) is 1. The Balaban J connectivity index is 1.51. The monoisotopic (exact) mass is 430 g/mol. The summed E-state index contributed by atoms with van der Waals surface area (Å²) in [5.41, 5.74) is 3.94. The number of amides is 3. The molecule has 162 valence electrons. The van der Waals surface area contributed by atoms with E-state index in [9.17, 15) is 14.4 Å². The summed E-state index contributed by atoms with van der Waals surface area (Å²) in [5.74, 6) is 0.107. The maximum Gasteiger partial charge on any atom is 0.329 e. The fourth-order valence-corrected chi connectivity index (χ4v) is 3.59. The molecule has 2 aromatic heterocycles. The van der Waals surface area contributed by atoms with Gasteiger partial charge in [0.05, 0.1) is 6.61 Å². The number of pyridine rings is 2. The number of ether oxygens (including phenoxy) is 1. The van der Waals surface area contributed by atoms with E-state index < -0.39 is 11.9 Å². The highest BCUT2D eigenvalue weighted by Crippen LogP contribution is 2.29. The van der Waals surface area contributed by atoms with Crippen molar-refractivity contribution in [1.29, 1.82) is 0 Å². The number of anilines is 1. The molecule has 1 aliphatic rings. The highest BCUT2D eigenvalue weighted by atomic mass is 16.5. The molecule has 0 atom stereocenters. The Morgan fingerprint density at radius 2 is 1.91 bits per heavy atom. The minimum absolute atomic E-state index is 0.0370. The third-order valence-electron chi connectivity index (χ3n) is 5.11. The van der Waals surface area contributed by atoms with E-state index >= 15 is 0 Å². The zero-order chi connectivity index (χ0) is 22.3. The van der Waals surface area contributed by atoms with Crippen LogP contribution in [-0.2, 0) is 22.6 Å². The number of urea groups is 1. The Hall–Kier alpha value is -3.91. The van der Waals surface area contributed by atoms with Crippen LogP contribution in [-0.4, -0.2) is 41.3 Å². The second kappa shape index (κ2) is 9.93. The number of carbonyl (C=O) groups is 3. The SMILES string of the molecule is O=CCOCc1cncc(-c2cnc3c(c2)CCCN3C(=O)NC(=O)c2ccccc2)c1. The van der Waals surface area contributed by atoms with Crippen molar-refractivity contribution >= 4 is 24.0 Å². The smallest absolute Gasteiger partial charge is 0.329 e. The van der Waals surface area contributed by atoms with Crippen molar-refractivity contribution in [3.8, 4) is 11.1 Å². The number of aryl methyl sites for hydroxylation is 1. The summed E-state index contributed by atoms with van der Waals surface area (Å²) in [6, 6.07) is 12.1. The summed E-state index contributed by atoms with van der Waals surface area (Å²) in [6.45, 7) is 0.814. The Kier molecular flexibility index (Phi) is 6.62. The van der Waals surface area contributed by atoms with E-state index in [1.54, 1.807) is 42.9 Å². The lowest BCUT2D eigenvalue weighted by atomic mass is 10.0. The van der Waals surface area contributed by atoms with Gasteiger partial charge in [-0.05, 0) is 48.2 Å². The number of nitrogens with zero attached hydrogens (tertiary/aromatic N) is 3. The van der Waals surface area contributed by atoms with Crippen molar-refractivity contribution in [1.82, 2.24) is 15.3 Å². The molecule has 1 aliphatic heterocycles. The minimum atomic E-state index is -0.490. The molecule has 3 aromatic rings. The third-order valence-corrected chi connectivity index (χ3v) is 5.11. The molecule has 4 rings (SSSR count). The molecule has 0 saturated heterocycles. The largest absolute Gasteiger partial charge is 0.369 e. The summed E-state index contributed by atoms with van der Waals surface area (Å²) < 4.78 is 5.25. The second-order valence-corrected chi connectivity index (χ2v) is 7.35. The van der Waals surface area contributed by atoms with Crippen LogP contribution in [0.15, 0.2) is 61.1 Å². The van der Waals surface area contributed by atoms with E-state index in [1.807, 2.05) is 18.2 Å². The van der Waals surface area contributed by atoms with Gasteiger partial charge in [-0.15, -0.1) is 0 Å². The predicted octanol–water partition coefficient (Wildman–Crippen LogP) is 3.16. The molecular formula is C24H22N4O4. The summed E-state index contributed by atoms with van der Waals surface area (Å²) in [4.78, 5) is 45.8. The van der Waals surface area contributed by atoms with Crippen LogP contribution in [0.1, 0.15) is 27.9 Å². The van der Waals surface area contributed by atoms with E-state index in [1.165, 1.54) is 4.90 Å². The molecule has 8 heteroatoms. The highest BCUT2D eigenvalue weighted by Gasteiger charge is 2.26. The topological polar surface area (TPSA) is 101 Å². The molecule has 3 heterocycles. The number of aromatic nitrogens is 2. The van der Waals surface area contributed by atoms with Crippen LogP contribution in [0.2, 0.25) is 0 Å². The molecule has 1 aromatic carbocycles. The van der Waals surface area contributed by atoms with Crippen LogP contribution in [0.3, 0.4) is 0 Å². The summed E-state index contributed by atoms with van der Waals surface area (Å²) in [6.07, 6.45) is 7.37. The first-order chi connectivity index (χ1) is 15.7. The second-order valence-electron chi connectivity index (χ2n) is 7.35. The van der Waals surface area contributed by atoms with Crippen molar-refractivity contribution in [3.05, 3.63) is 77.7 Å². The lowest BCUT2D eigenvalue weighted by molar-refractivity contribution is -0.112. The van der Waals surface area contributed by atoms with Crippen LogP contribution in [0.5, 0.6) is 0 Å². The first kappa shape index (κ1) is 21.3. The van der Waals surface area contributed by atoms with Crippen molar-refractivity contribution in [2.45, 2.75) is 19.4 Å². The maximum atomic E-state index is 12.8. The fraction of sp³-hybridized carbons (Fsp3) is 0.208. The molecule has 32 heavy (non-hydrogen) atoms. The van der Waals surface area contributed by atoms with E-state index in [2.05, 4.69) is 15.3 Å². The van der Waals surface area contributed by atoms with Crippen LogP contribution in [0.25, 0.3) is 11.1 Å². The Labute approximate surface area is 185 Å². The zero-order valence-electron chi connectivity index (χ0n) is 17.4. The summed E-state index contributed by atoms with van der Waals surface area (Å²) >= 11 is 0. The molecule has 1 N–H and O–H groups in total. The number of imide groups is 1. The Bertz CT molecular complexity index is 1130. The van der Waals surface area contributed by atoms with E-state index in [0.717, 1.165) is 35.1 Å². The van der Waals surface area contributed by atoms with Crippen molar-refractivity contribution in [2.75, 3.05) is 18.1 Å². The molecule has 0 aliphatic carbocycles. The van der Waals surface area contributed by atoms with Crippen LogP contribution < -0.4 is 10.2 Å². The van der Waals surface area contributed by atoms with Gasteiger partial charge in [-0.25, -0.2) is 9.78 Å². The molecule has 0 fully saturated rings. The van der Waals surface area contributed by atoms with Gasteiger partial charge in [0.1, 0.15) is 18.7 Å². The van der Waals surface area contributed by atoms with Gasteiger partial charge in [0.15, 0.2) is 0 Å². The number of carbonyl (C=O) groups excluding carboxylic acids is 3. The molecular weight excluding hydrogens is 408 g/mol. The normalized spacial score (nSPS) is 12.7. The van der Waals surface area contributed by atoms with Gasteiger partial charge >= 0.3 is 6.03 Å². The number of aldehydes is 1. The van der Waals surface area contributed by atoms with Crippen molar-refractivity contribution in [3.63, 3.8) is 0 Å². The number of nitrogens with one attached hydrogen (secondary N) is 1. The molecule has 0 radical (unpaired) electrons. The molecule has 3 amide bonds. The minimum Gasteiger partial charge on any atom is -0.369 e. The number of rotatable bonds is 6. The van der Waals surface area contributed by atoms with Crippen LogP contribution in [0.4, 0.5) is 10.6 Å². The highest BCUT2D eigenvalue weighted by molar-refractivity contribution is 6.08. The van der Waals surface area contributed by atoms with Gasteiger partial charge < -0.3 is 9.53 Å². The fourth-order valence-electron chi connectivity index (χ4n) is 3.59. The van der Waals surface area contributed by atoms with Gasteiger partial charge in [0.25, 0.3) is 5.91 Å². The van der Waals surface area contributed by atoms with Gasteiger partial charge in [0.2, 0.25) is 0 Å². The van der Waals surface area contributed by atoms with Gasteiger partial charge in [-0.2, -0.15) is 0 Å².